The Bertz CT molecular complexity index is 547. The van der Waals surface area contributed by atoms with Gasteiger partial charge in [0.05, 0.1) is 12.6 Å². The maximum atomic E-state index is 12.8. The lowest BCUT2D eigenvalue weighted by Gasteiger charge is -2.21. The molecule has 25 heavy (non-hydrogen) atoms. The van der Waals surface area contributed by atoms with Crippen LogP contribution in [0.5, 0.6) is 0 Å². The van der Waals surface area contributed by atoms with Crippen molar-refractivity contribution < 1.29 is 13.9 Å². The van der Waals surface area contributed by atoms with E-state index < -0.39 is 0 Å². The lowest BCUT2D eigenvalue weighted by atomic mass is 10.0. The lowest BCUT2D eigenvalue weighted by molar-refractivity contribution is -0.115. The Labute approximate surface area is 149 Å². The predicted octanol–water partition coefficient (Wildman–Crippen LogP) is 2.38. The van der Waals surface area contributed by atoms with E-state index in [-0.39, 0.29) is 24.4 Å². The zero-order valence-corrected chi connectivity index (χ0v) is 15.4. The number of amides is 1. The van der Waals surface area contributed by atoms with Crippen LogP contribution >= 0.6 is 0 Å². The van der Waals surface area contributed by atoms with Crippen molar-refractivity contribution in [2.45, 2.75) is 33.3 Å². The monoisotopic (exact) mass is 352 g/mol. The number of carbonyl (C=O) groups is 1. The highest BCUT2D eigenvalue weighted by molar-refractivity contribution is 5.94. The third-order valence-corrected chi connectivity index (χ3v) is 3.61. The Morgan fingerprint density at radius 3 is 2.48 bits per heavy atom. The number of halogens is 1. The van der Waals surface area contributed by atoms with Crippen LogP contribution in [0.4, 0.5) is 10.1 Å². The van der Waals surface area contributed by atoms with Crippen LogP contribution < -0.4 is 16.0 Å². The van der Waals surface area contributed by atoms with Gasteiger partial charge in [-0.15, -0.1) is 0 Å². The molecule has 0 fully saturated rings. The highest BCUT2D eigenvalue weighted by Gasteiger charge is 2.13. The van der Waals surface area contributed by atoms with Crippen LogP contribution in [-0.2, 0) is 9.53 Å². The van der Waals surface area contributed by atoms with Gasteiger partial charge in [0.25, 0.3) is 0 Å². The summed E-state index contributed by atoms with van der Waals surface area (Å²) in [7, 11) is 1.65. The summed E-state index contributed by atoms with van der Waals surface area (Å²) < 4.78 is 18.5. The molecule has 0 saturated heterocycles. The van der Waals surface area contributed by atoms with Gasteiger partial charge >= 0.3 is 0 Å². The molecule has 140 valence electrons. The Morgan fingerprint density at radius 1 is 1.24 bits per heavy atom. The molecule has 6 nitrogen and oxygen atoms in total. The van der Waals surface area contributed by atoms with Gasteiger partial charge in [0.2, 0.25) is 5.91 Å². The van der Waals surface area contributed by atoms with E-state index in [0.717, 1.165) is 6.42 Å². The zero-order chi connectivity index (χ0) is 18.7. The molecule has 0 radical (unpaired) electrons. The summed E-state index contributed by atoms with van der Waals surface area (Å²) in [6, 6.07) is 5.63. The summed E-state index contributed by atoms with van der Waals surface area (Å²) >= 11 is 0. The number of nitrogens with one attached hydrogen (secondary N) is 3. The molecule has 0 saturated carbocycles. The van der Waals surface area contributed by atoms with Crippen molar-refractivity contribution >= 4 is 17.6 Å². The molecule has 0 aliphatic carbocycles. The maximum Gasteiger partial charge on any atom is 0.243 e. The van der Waals surface area contributed by atoms with E-state index in [1.165, 1.54) is 24.3 Å². The minimum absolute atomic E-state index is 0.0656. The van der Waals surface area contributed by atoms with E-state index >= 15 is 0 Å². The third kappa shape index (κ3) is 8.49. The summed E-state index contributed by atoms with van der Waals surface area (Å²) in [5.41, 5.74) is 0.549. The lowest BCUT2D eigenvalue weighted by Crippen LogP contribution is -2.42. The first kappa shape index (κ1) is 20.9. The van der Waals surface area contributed by atoms with Crippen LogP contribution in [0, 0.1) is 11.7 Å². The number of rotatable bonds is 9. The van der Waals surface area contributed by atoms with Crippen LogP contribution in [-0.4, -0.2) is 44.7 Å². The number of benzene rings is 1. The second-order valence-electron chi connectivity index (χ2n) is 5.93. The fourth-order valence-electron chi connectivity index (χ4n) is 2.28. The molecule has 1 atom stereocenters. The third-order valence-electron chi connectivity index (χ3n) is 3.61. The molecule has 0 bridgehead atoms. The van der Waals surface area contributed by atoms with Crippen LogP contribution in [0.25, 0.3) is 0 Å². The average Bonchev–Trinajstić information content (AvgIpc) is 2.58. The number of guanidine groups is 1. The average molecular weight is 352 g/mol. The largest absolute Gasteiger partial charge is 0.378 e. The summed E-state index contributed by atoms with van der Waals surface area (Å²) in [6.45, 7) is 7.71. The van der Waals surface area contributed by atoms with E-state index in [2.05, 4.69) is 34.8 Å². The van der Waals surface area contributed by atoms with Gasteiger partial charge in [0.15, 0.2) is 5.96 Å². The van der Waals surface area contributed by atoms with Crippen molar-refractivity contribution in [3.05, 3.63) is 30.1 Å². The maximum absolute atomic E-state index is 12.8. The molecule has 1 unspecified atom stereocenters. The Hall–Kier alpha value is -2.15. The molecule has 0 aromatic heterocycles. The molecular formula is C18H29FN4O2. The first-order valence-electron chi connectivity index (χ1n) is 8.57. The van der Waals surface area contributed by atoms with Gasteiger partial charge in [-0.1, -0.05) is 13.8 Å². The van der Waals surface area contributed by atoms with Crippen molar-refractivity contribution in [1.82, 2.24) is 10.6 Å². The van der Waals surface area contributed by atoms with E-state index in [0.29, 0.717) is 30.7 Å². The Kier molecular flexibility index (Phi) is 9.54. The Balaban J connectivity index is 2.33. The summed E-state index contributed by atoms with van der Waals surface area (Å²) in [4.78, 5) is 16.0. The number of hydrogen-bond acceptors (Lipinski definition) is 3. The van der Waals surface area contributed by atoms with E-state index in [1.807, 2.05) is 6.92 Å². The molecule has 7 heteroatoms. The highest BCUT2D eigenvalue weighted by Crippen LogP contribution is 2.10. The summed E-state index contributed by atoms with van der Waals surface area (Å²) in [5.74, 6) is 0.419. The predicted molar refractivity (Wildman–Crippen MR) is 99.3 cm³/mol. The van der Waals surface area contributed by atoms with Crippen molar-refractivity contribution in [2.75, 3.05) is 32.1 Å². The Morgan fingerprint density at radius 2 is 1.92 bits per heavy atom. The normalized spacial score (nSPS) is 12.8. The number of hydrogen-bond donors (Lipinski definition) is 3. The van der Waals surface area contributed by atoms with Gasteiger partial charge in [-0.2, -0.15) is 0 Å². The molecule has 1 aromatic rings. The van der Waals surface area contributed by atoms with Gasteiger partial charge in [-0.3, -0.25) is 9.79 Å². The smallest absolute Gasteiger partial charge is 0.243 e. The highest BCUT2D eigenvalue weighted by atomic mass is 19.1. The minimum atomic E-state index is -0.340. The second kappa shape index (κ2) is 11.4. The minimum Gasteiger partial charge on any atom is -0.378 e. The fraction of sp³-hybridized carbons (Fsp3) is 0.556. The molecule has 1 aromatic carbocycles. The fourth-order valence-corrected chi connectivity index (χ4v) is 2.28. The molecule has 0 aliphatic rings. The topological polar surface area (TPSA) is 74.8 Å². The van der Waals surface area contributed by atoms with Gasteiger partial charge in [-0.25, -0.2) is 4.39 Å². The van der Waals surface area contributed by atoms with Crippen molar-refractivity contribution in [3.63, 3.8) is 0 Å². The molecule has 0 heterocycles. The number of nitrogens with zero attached hydrogens (tertiary/aromatic N) is 1. The molecule has 3 N–H and O–H groups in total. The zero-order valence-electron chi connectivity index (χ0n) is 15.4. The van der Waals surface area contributed by atoms with Crippen LogP contribution in [0.15, 0.2) is 29.3 Å². The van der Waals surface area contributed by atoms with Crippen LogP contribution in [0.1, 0.15) is 27.2 Å². The second-order valence-corrected chi connectivity index (χ2v) is 5.93. The van der Waals surface area contributed by atoms with Crippen LogP contribution in [0.2, 0.25) is 0 Å². The van der Waals surface area contributed by atoms with Crippen molar-refractivity contribution in [1.29, 1.82) is 0 Å². The molecule has 0 spiro atoms. The first-order chi connectivity index (χ1) is 12.0. The summed E-state index contributed by atoms with van der Waals surface area (Å²) in [5, 5.41) is 8.80. The number of carbonyl (C=O) groups excluding carboxylic acids is 1. The number of aliphatic imine (C=N–C) groups is 1. The van der Waals surface area contributed by atoms with Gasteiger partial charge in [0.1, 0.15) is 5.82 Å². The molecular weight excluding hydrogens is 323 g/mol. The number of ether oxygens (including phenoxy) is 1. The van der Waals surface area contributed by atoms with Crippen molar-refractivity contribution in [2.24, 2.45) is 10.9 Å². The van der Waals surface area contributed by atoms with Gasteiger partial charge in [0, 0.05) is 25.9 Å². The van der Waals surface area contributed by atoms with E-state index in [1.54, 1.807) is 7.05 Å². The van der Waals surface area contributed by atoms with Gasteiger partial charge < -0.3 is 20.7 Å². The van der Waals surface area contributed by atoms with Crippen molar-refractivity contribution in [3.8, 4) is 0 Å². The SMILES string of the molecule is CCOC(CCNC(=NC)NCC(=O)Nc1ccc(F)cc1)C(C)C. The quantitative estimate of drug-likeness (QED) is 0.471. The molecule has 1 rings (SSSR count). The molecule has 1 amide bonds. The van der Waals surface area contributed by atoms with Gasteiger partial charge in [-0.05, 0) is 43.5 Å². The standard InChI is InChI=1S/C18H29FN4O2/c1-5-25-16(13(2)3)10-11-21-18(20-4)22-12-17(24)23-15-8-6-14(19)7-9-15/h6-9,13,16H,5,10-12H2,1-4H3,(H,23,24)(H2,20,21,22). The summed E-state index contributed by atoms with van der Waals surface area (Å²) in [6.07, 6.45) is 1.05. The van der Waals surface area contributed by atoms with E-state index in [9.17, 15) is 9.18 Å². The first-order valence-corrected chi connectivity index (χ1v) is 8.57. The van der Waals surface area contributed by atoms with Crippen LogP contribution in [0.3, 0.4) is 0 Å². The molecule has 0 aliphatic heterocycles. The van der Waals surface area contributed by atoms with E-state index in [4.69, 9.17) is 4.74 Å². The number of anilines is 1.